The molecule has 0 bridgehead atoms. The van der Waals surface area contributed by atoms with Gasteiger partial charge in [-0.05, 0) is 61.7 Å². The Balaban J connectivity index is 1.67. The van der Waals surface area contributed by atoms with E-state index in [1.165, 1.54) is 31.3 Å². The number of halogens is 1. The van der Waals surface area contributed by atoms with Crippen LogP contribution in [0, 0.1) is 5.82 Å². The first-order valence-corrected chi connectivity index (χ1v) is 14.0. The van der Waals surface area contributed by atoms with Crippen LogP contribution in [0.2, 0.25) is 0 Å². The summed E-state index contributed by atoms with van der Waals surface area (Å²) < 4.78 is 44.9. The highest BCUT2D eigenvalue weighted by atomic mass is 32.2. The van der Waals surface area contributed by atoms with Gasteiger partial charge in [-0.1, -0.05) is 42.5 Å². The number of hydrogen-bond donors (Lipinski definition) is 2. The monoisotopic (exact) mass is 551 g/mol. The lowest BCUT2D eigenvalue weighted by Crippen LogP contribution is -2.35. The fourth-order valence-electron chi connectivity index (χ4n) is 4.02. The summed E-state index contributed by atoms with van der Waals surface area (Å²) in [5, 5.41) is 11.1. The number of nitrogens with two attached hydrogens (primary N) is 1. The second-order valence-electron chi connectivity index (χ2n) is 9.74. The molecular formula is C28H30FN5O4S. The molecule has 0 saturated heterocycles. The number of hydrogen-bond acceptors (Lipinski definition) is 7. The van der Waals surface area contributed by atoms with Gasteiger partial charge in [-0.3, -0.25) is 9.10 Å². The van der Waals surface area contributed by atoms with E-state index in [-0.39, 0.29) is 28.8 Å². The fourth-order valence-corrected chi connectivity index (χ4v) is 4.51. The van der Waals surface area contributed by atoms with E-state index >= 15 is 0 Å². The Bertz CT molecular complexity index is 1570. The van der Waals surface area contributed by atoms with Gasteiger partial charge in [0.05, 0.1) is 23.5 Å². The SMILES string of the molecule is C[C@@H](NC(=O)c1cc(-c2nnc([C@@](C)(N)Cc3ccccc3)o2)cc(N(C)S(C)(=O)=O)c1)c1ccc(F)cc1. The maximum absolute atomic E-state index is 13.3. The molecule has 0 aliphatic carbocycles. The third-order valence-corrected chi connectivity index (χ3v) is 7.54. The van der Waals surface area contributed by atoms with Crippen LogP contribution in [0.3, 0.4) is 0 Å². The van der Waals surface area contributed by atoms with Crippen LogP contribution in [0.4, 0.5) is 10.1 Å². The normalized spacial score (nSPS) is 13.9. The van der Waals surface area contributed by atoms with Crippen molar-refractivity contribution in [1.82, 2.24) is 15.5 Å². The largest absolute Gasteiger partial charge is 0.419 e. The van der Waals surface area contributed by atoms with Crippen LogP contribution in [-0.4, -0.2) is 37.8 Å². The van der Waals surface area contributed by atoms with Crippen molar-refractivity contribution >= 4 is 21.6 Å². The predicted molar refractivity (Wildman–Crippen MR) is 147 cm³/mol. The molecule has 0 saturated carbocycles. The molecule has 39 heavy (non-hydrogen) atoms. The van der Waals surface area contributed by atoms with E-state index in [1.54, 1.807) is 32.0 Å². The number of benzene rings is 3. The van der Waals surface area contributed by atoms with E-state index < -0.39 is 27.5 Å². The molecule has 0 aliphatic heterocycles. The Kier molecular flexibility index (Phi) is 7.84. The van der Waals surface area contributed by atoms with Crippen molar-refractivity contribution in [3.05, 3.63) is 101 Å². The number of carbonyl (C=O) groups is 1. The van der Waals surface area contributed by atoms with Gasteiger partial charge >= 0.3 is 0 Å². The van der Waals surface area contributed by atoms with E-state index in [0.717, 1.165) is 16.1 Å². The second-order valence-corrected chi connectivity index (χ2v) is 11.8. The number of anilines is 1. The lowest BCUT2D eigenvalue weighted by Gasteiger charge is -2.20. The summed E-state index contributed by atoms with van der Waals surface area (Å²) in [4.78, 5) is 13.2. The standard InChI is InChI=1S/C28H30FN5O4S/c1-18(20-10-12-23(29)13-11-20)31-25(35)21-14-22(16-24(15-21)34(3)39(4,36)37)26-32-33-27(38-26)28(2,30)17-19-8-6-5-7-9-19/h5-16,18H,17,30H2,1-4H3,(H,31,35)/t18-,28+/m1/s1. The van der Waals surface area contributed by atoms with Crippen LogP contribution >= 0.6 is 0 Å². The van der Waals surface area contributed by atoms with Gasteiger partial charge in [0.15, 0.2) is 0 Å². The lowest BCUT2D eigenvalue weighted by atomic mass is 9.94. The summed E-state index contributed by atoms with van der Waals surface area (Å²) in [6, 6.07) is 19.5. The Morgan fingerprint density at radius 2 is 1.77 bits per heavy atom. The molecule has 4 aromatic rings. The quantitative estimate of drug-likeness (QED) is 0.319. The van der Waals surface area contributed by atoms with E-state index in [2.05, 4.69) is 15.5 Å². The first-order valence-electron chi connectivity index (χ1n) is 12.2. The lowest BCUT2D eigenvalue weighted by molar-refractivity contribution is 0.0940. The number of amides is 1. The zero-order valence-corrected chi connectivity index (χ0v) is 22.9. The van der Waals surface area contributed by atoms with Crippen LogP contribution in [0.25, 0.3) is 11.5 Å². The number of rotatable bonds is 9. The van der Waals surface area contributed by atoms with Crippen molar-refractivity contribution in [3.8, 4) is 11.5 Å². The molecule has 0 unspecified atom stereocenters. The van der Waals surface area contributed by atoms with E-state index in [1.807, 2.05) is 30.3 Å². The van der Waals surface area contributed by atoms with Crippen LogP contribution in [-0.2, 0) is 22.0 Å². The summed E-state index contributed by atoms with van der Waals surface area (Å²) in [6.45, 7) is 3.54. The zero-order valence-electron chi connectivity index (χ0n) is 22.1. The summed E-state index contributed by atoms with van der Waals surface area (Å²) >= 11 is 0. The smallest absolute Gasteiger partial charge is 0.251 e. The topological polar surface area (TPSA) is 131 Å². The number of carbonyl (C=O) groups excluding carboxylic acids is 1. The molecule has 1 aromatic heterocycles. The Morgan fingerprint density at radius 3 is 2.41 bits per heavy atom. The summed E-state index contributed by atoms with van der Waals surface area (Å²) in [5.74, 6) is -0.572. The third-order valence-electron chi connectivity index (χ3n) is 6.33. The van der Waals surface area contributed by atoms with Gasteiger partial charge in [0.25, 0.3) is 5.91 Å². The van der Waals surface area contributed by atoms with Gasteiger partial charge in [0, 0.05) is 18.2 Å². The highest BCUT2D eigenvalue weighted by molar-refractivity contribution is 7.92. The summed E-state index contributed by atoms with van der Waals surface area (Å²) in [6.07, 6.45) is 1.51. The van der Waals surface area contributed by atoms with Gasteiger partial charge in [-0.15, -0.1) is 10.2 Å². The van der Waals surface area contributed by atoms with Gasteiger partial charge in [-0.25, -0.2) is 12.8 Å². The molecule has 0 spiro atoms. The Labute approximate surface area is 226 Å². The van der Waals surface area contributed by atoms with E-state index in [4.69, 9.17) is 10.2 Å². The van der Waals surface area contributed by atoms with Crippen LogP contribution in [0.15, 0.2) is 77.2 Å². The van der Waals surface area contributed by atoms with Crippen molar-refractivity contribution in [3.63, 3.8) is 0 Å². The molecule has 3 N–H and O–H groups in total. The fraction of sp³-hybridized carbons (Fsp3) is 0.250. The molecular weight excluding hydrogens is 521 g/mol. The van der Waals surface area contributed by atoms with Gasteiger partial charge < -0.3 is 15.5 Å². The number of aromatic nitrogens is 2. The van der Waals surface area contributed by atoms with Crippen LogP contribution < -0.4 is 15.4 Å². The third kappa shape index (κ3) is 6.68. The average Bonchev–Trinajstić information content (AvgIpc) is 3.40. The van der Waals surface area contributed by atoms with Crippen molar-refractivity contribution in [2.75, 3.05) is 17.6 Å². The molecule has 0 fully saturated rings. The number of nitrogens with one attached hydrogen (secondary N) is 1. The minimum Gasteiger partial charge on any atom is -0.419 e. The van der Waals surface area contributed by atoms with Crippen molar-refractivity contribution in [1.29, 1.82) is 0 Å². The minimum atomic E-state index is -3.64. The van der Waals surface area contributed by atoms with Crippen LogP contribution in [0.1, 0.15) is 47.3 Å². The first kappa shape index (κ1) is 27.9. The van der Waals surface area contributed by atoms with Gasteiger partial charge in [0.2, 0.25) is 21.8 Å². The molecule has 1 heterocycles. The van der Waals surface area contributed by atoms with Gasteiger partial charge in [0.1, 0.15) is 5.82 Å². The predicted octanol–water partition coefficient (Wildman–Crippen LogP) is 4.18. The van der Waals surface area contributed by atoms with E-state index in [0.29, 0.717) is 17.5 Å². The van der Waals surface area contributed by atoms with E-state index in [9.17, 15) is 17.6 Å². The zero-order chi connectivity index (χ0) is 28.4. The molecule has 1 amide bonds. The van der Waals surface area contributed by atoms with Crippen LogP contribution in [0.5, 0.6) is 0 Å². The molecule has 204 valence electrons. The highest BCUT2D eigenvalue weighted by Crippen LogP contribution is 2.30. The summed E-state index contributed by atoms with van der Waals surface area (Å²) in [7, 11) is -2.26. The maximum atomic E-state index is 13.3. The van der Waals surface area contributed by atoms with Crippen molar-refractivity contribution < 1.29 is 22.0 Å². The molecule has 4 rings (SSSR count). The Morgan fingerprint density at radius 1 is 1.10 bits per heavy atom. The summed E-state index contributed by atoms with van der Waals surface area (Å²) in [5.41, 5.74) is 8.00. The van der Waals surface area contributed by atoms with Crippen molar-refractivity contribution in [2.45, 2.75) is 31.8 Å². The first-order chi connectivity index (χ1) is 18.3. The molecule has 2 atom stereocenters. The molecule has 3 aromatic carbocycles. The van der Waals surface area contributed by atoms with Gasteiger partial charge in [-0.2, -0.15) is 0 Å². The van der Waals surface area contributed by atoms with Crippen molar-refractivity contribution in [2.24, 2.45) is 5.73 Å². The average molecular weight is 552 g/mol. The highest BCUT2D eigenvalue weighted by Gasteiger charge is 2.29. The number of sulfonamides is 1. The second kappa shape index (κ2) is 11.0. The number of nitrogens with zero attached hydrogens (tertiary/aromatic N) is 3. The Hall–Kier alpha value is -4.09. The molecule has 0 radical (unpaired) electrons. The minimum absolute atomic E-state index is 0.0825. The molecule has 11 heteroatoms. The maximum Gasteiger partial charge on any atom is 0.251 e. The molecule has 0 aliphatic rings. The molecule has 9 nitrogen and oxygen atoms in total.